The molecule has 1 aromatic carbocycles. The standard InChI is InChI=1S/C6H5.ClH.Pd/c1-2-4-6-5-3-1;;/h1-5H;1H;/q-1;;+2/p-1. The molecule has 0 spiro atoms. The van der Waals surface area contributed by atoms with Crippen molar-refractivity contribution in [3.05, 3.63) is 36.4 Å². The zero-order chi connectivity index (χ0) is 6.24. The molecule has 0 radical (unpaired) electrons. The molecule has 0 aromatic heterocycles. The Hall–Kier alpha value is 0.172. The molecule has 0 atom stereocenters. The molecule has 0 fully saturated rings. The van der Waals surface area contributed by atoms with E-state index in [4.69, 9.17) is 0 Å². The molecule has 0 nitrogen and oxygen atoms in total. The van der Waals surface area contributed by atoms with Gasteiger partial charge >= 0.3 is 27.7 Å². The molecule has 0 aliphatic heterocycles. The summed E-state index contributed by atoms with van der Waals surface area (Å²) in [6.45, 7) is 0. The average molecular weight is 219 g/mol. The van der Waals surface area contributed by atoms with Crippen LogP contribution in [0.2, 0.25) is 0 Å². The van der Waals surface area contributed by atoms with E-state index in [0.29, 0.717) is 0 Å². The van der Waals surface area contributed by atoms with Crippen molar-refractivity contribution in [3.8, 4) is 0 Å². The van der Waals surface area contributed by atoms with E-state index in [0.717, 1.165) is 0 Å². The minimum absolute atomic E-state index is 1.88. The van der Waals surface area contributed by atoms with Crippen LogP contribution in [0.5, 0.6) is 0 Å². The quantitative estimate of drug-likeness (QED) is 0.463. The van der Waals surface area contributed by atoms with Gasteiger partial charge in [-0.3, -0.25) is 0 Å². The van der Waals surface area contributed by atoms with E-state index in [1.54, 1.807) is 0 Å². The summed E-state index contributed by atoms with van der Waals surface area (Å²) < 4.78 is 0. The molecule has 0 saturated carbocycles. The third-order valence-corrected chi connectivity index (χ3v) is 0.607. The van der Waals surface area contributed by atoms with Crippen molar-refractivity contribution in [1.82, 2.24) is 0 Å². The molecule has 1 rings (SSSR count). The van der Waals surface area contributed by atoms with E-state index in [9.17, 15) is 0 Å². The van der Waals surface area contributed by atoms with Gasteiger partial charge in [0.25, 0.3) is 0 Å². The molecule has 0 heterocycles. The zero-order valence-corrected chi connectivity index (χ0v) is 6.39. The van der Waals surface area contributed by atoms with Gasteiger partial charge in [0.15, 0.2) is 0 Å². The molecule has 0 aliphatic rings. The number of benzene rings is 1. The van der Waals surface area contributed by atoms with Crippen molar-refractivity contribution in [2.75, 3.05) is 0 Å². The summed E-state index contributed by atoms with van der Waals surface area (Å²) in [6.07, 6.45) is 0. The van der Waals surface area contributed by atoms with Crippen LogP contribution in [0.25, 0.3) is 0 Å². The first-order valence-electron chi connectivity index (χ1n) is 2.03. The minimum Gasteiger partial charge on any atom is -0.184 e. The number of hydrogen-bond donors (Lipinski definition) is 0. The Balaban J connectivity index is 0.000000222. The first-order chi connectivity index (χ1) is 4.00. The van der Waals surface area contributed by atoms with Crippen LogP contribution in [0.3, 0.4) is 0 Å². The topological polar surface area (TPSA) is 0 Å². The van der Waals surface area contributed by atoms with Gasteiger partial charge in [0, 0.05) is 0 Å². The molecule has 0 N–H and O–H groups in total. The molecule has 8 heavy (non-hydrogen) atoms. The van der Waals surface area contributed by atoms with E-state index >= 15 is 0 Å². The molecular weight excluding hydrogens is 214 g/mol. The maximum absolute atomic E-state index is 4.49. The van der Waals surface area contributed by atoms with Crippen LogP contribution in [-0.4, -0.2) is 0 Å². The molecule has 0 unspecified atom stereocenters. The summed E-state index contributed by atoms with van der Waals surface area (Å²) in [6, 6.07) is 12.5. The predicted molar refractivity (Wildman–Crippen MR) is 31.1 cm³/mol. The van der Waals surface area contributed by atoms with Crippen LogP contribution in [0.4, 0.5) is 0 Å². The summed E-state index contributed by atoms with van der Waals surface area (Å²) >= 11 is 2.22. The van der Waals surface area contributed by atoms with Crippen LogP contribution in [0, 0.1) is 6.07 Å². The summed E-state index contributed by atoms with van der Waals surface area (Å²) in [5.74, 6) is 0. The fraction of sp³-hybridized carbons (Fsp3) is 0. The van der Waals surface area contributed by atoms with Crippen LogP contribution < -0.4 is 0 Å². The van der Waals surface area contributed by atoms with Crippen molar-refractivity contribution >= 4 is 9.53 Å². The van der Waals surface area contributed by atoms with Gasteiger partial charge in [-0.1, -0.05) is 0 Å². The zero-order valence-electron chi connectivity index (χ0n) is 4.08. The second kappa shape index (κ2) is 7.17. The van der Waals surface area contributed by atoms with Crippen molar-refractivity contribution in [2.24, 2.45) is 0 Å². The van der Waals surface area contributed by atoms with Gasteiger partial charge in [0.2, 0.25) is 0 Å². The monoisotopic (exact) mass is 218 g/mol. The van der Waals surface area contributed by atoms with E-state index < -0.39 is 0 Å². The third-order valence-electron chi connectivity index (χ3n) is 0.607. The Morgan fingerprint density at radius 1 is 1.00 bits per heavy atom. The van der Waals surface area contributed by atoms with Gasteiger partial charge in [-0.25, -0.2) is 0 Å². The normalized spacial score (nSPS) is 6.88. The van der Waals surface area contributed by atoms with Gasteiger partial charge in [0.1, 0.15) is 0 Å². The second-order valence-electron chi connectivity index (χ2n) is 1.08. The Bertz CT molecular complexity index is 80.5. The van der Waals surface area contributed by atoms with Crippen molar-refractivity contribution in [1.29, 1.82) is 0 Å². The minimum atomic E-state index is 1.88. The van der Waals surface area contributed by atoms with Crippen molar-refractivity contribution in [2.45, 2.75) is 0 Å². The molecule has 0 saturated heterocycles. The number of rotatable bonds is 0. The first-order valence-corrected chi connectivity index (χ1v) is 4.03. The van der Waals surface area contributed by atoms with Crippen LogP contribution in [0.15, 0.2) is 30.3 Å². The average Bonchev–Trinajstić information content (AvgIpc) is 1.96. The van der Waals surface area contributed by atoms with Gasteiger partial charge < -0.3 is 0 Å². The summed E-state index contributed by atoms with van der Waals surface area (Å²) in [5.41, 5.74) is 0. The van der Waals surface area contributed by atoms with E-state index in [1.807, 2.05) is 30.3 Å². The first kappa shape index (κ1) is 8.17. The summed E-state index contributed by atoms with van der Waals surface area (Å²) in [7, 11) is 4.49. The van der Waals surface area contributed by atoms with Crippen LogP contribution in [-0.2, 0) is 18.2 Å². The smallest absolute Gasteiger partial charge is 0.171 e. The molecule has 0 bridgehead atoms. The van der Waals surface area contributed by atoms with Gasteiger partial charge in [0.05, 0.1) is 0 Å². The molecular formula is C6H5ClPd. The van der Waals surface area contributed by atoms with Gasteiger partial charge in [-0.05, 0) is 0 Å². The fourth-order valence-electron chi connectivity index (χ4n) is 0.342. The molecule has 2 heteroatoms. The fourth-order valence-corrected chi connectivity index (χ4v) is 0.342. The second-order valence-corrected chi connectivity index (χ2v) is 1.08. The maximum atomic E-state index is 4.49. The number of halogens is 1. The molecule has 1 aromatic rings. The van der Waals surface area contributed by atoms with Crippen molar-refractivity contribution in [3.63, 3.8) is 0 Å². The predicted octanol–water partition coefficient (Wildman–Crippen LogP) is 2.17. The summed E-state index contributed by atoms with van der Waals surface area (Å²) in [4.78, 5) is 0. The van der Waals surface area contributed by atoms with Crippen LogP contribution in [0.1, 0.15) is 0 Å². The third kappa shape index (κ3) is 4.33. The van der Waals surface area contributed by atoms with Crippen molar-refractivity contribution < 1.29 is 18.2 Å². The van der Waals surface area contributed by atoms with Gasteiger partial charge in [-0.2, -0.15) is 36.4 Å². The van der Waals surface area contributed by atoms with Gasteiger partial charge in [-0.15, -0.1) is 0 Å². The molecule has 0 aliphatic carbocycles. The number of hydrogen-bond acceptors (Lipinski definition) is 0. The van der Waals surface area contributed by atoms with Crippen LogP contribution >= 0.6 is 9.53 Å². The van der Waals surface area contributed by atoms with E-state index in [-0.39, 0.29) is 0 Å². The molecule has 0 amide bonds. The maximum Gasteiger partial charge on any atom is -0.171 e. The molecule has 46 valence electrons. The Kier molecular flexibility index (Phi) is 7.33. The summed E-state index contributed by atoms with van der Waals surface area (Å²) in [5, 5.41) is 0. The van der Waals surface area contributed by atoms with E-state index in [1.165, 1.54) is 0 Å². The Morgan fingerprint density at radius 2 is 1.50 bits per heavy atom. The SMILES string of the molecule is [Cl][Pd+].[c-]1ccccc1. The Labute approximate surface area is 64.2 Å². The largest absolute Gasteiger partial charge is 0.184 e. The Morgan fingerprint density at radius 3 is 1.62 bits per heavy atom. The van der Waals surface area contributed by atoms with E-state index in [2.05, 4.69) is 33.8 Å².